The molecule has 0 saturated carbocycles. The van der Waals surface area contributed by atoms with Crippen molar-refractivity contribution in [1.82, 2.24) is 0 Å². The van der Waals surface area contributed by atoms with E-state index in [0.29, 0.717) is 5.56 Å². The second kappa shape index (κ2) is 4.92. The van der Waals surface area contributed by atoms with E-state index in [-0.39, 0.29) is 32.1 Å². The molecule has 0 radical (unpaired) electrons. The van der Waals surface area contributed by atoms with Crippen molar-refractivity contribution in [2.75, 3.05) is 0 Å². The summed E-state index contributed by atoms with van der Waals surface area (Å²) in [6.07, 6.45) is -0.0246. The summed E-state index contributed by atoms with van der Waals surface area (Å²) >= 11 is 23.3. The maximum absolute atomic E-state index is 8.80. The first-order valence-electron chi connectivity index (χ1n) is 3.66. The lowest BCUT2D eigenvalue weighted by molar-refractivity contribution is 1.26. The Labute approximate surface area is 107 Å². The van der Waals surface area contributed by atoms with Crippen molar-refractivity contribution in [1.29, 1.82) is 10.5 Å². The van der Waals surface area contributed by atoms with Crippen LogP contribution in [0.25, 0.3) is 0 Å². The highest BCUT2D eigenvalue weighted by Gasteiger charge is 2.19. The van der Waals surface area contributed by atoms with E-state index in [1.54, 1.807) is 0 Å². The molecule has 0 amide bonds. The highest BCUT2D eigenvalue weighted by molar-refractivity contribution is 6.50. The fourth-order valence-corrected chi connectivity index (χ4v) is 2.15. The molecule has 0 spiro atoms. The molecule has 0 fully saturated rings. The molecule has 0 heterocycles. The number of hydrogen-bond acceptors (Lipinski definition) is 2. The fraction of sp³-hybridized carbons (Fsp3) is 0.111. The maximum Gasteiger partial charge on any atom is 0.102 e. The fourth-order valence-electron chi connectivity index (χ4n) is 1.01. The molecule has 76 valence electrons. The van der Waals surface area contributed by atoms with Gasteiger partial charge in [-0.15, -0.1) is 0 Å². The van der Waals surface area contributed by atoms with Gasteiger partial charge in [0.1, 0.15) is 6.07 Å². The summed E-state index contributed by atoms with van der Waals surface area (Å²) in [6.45, 7) is 0. The summed E-state index contributed by atoms with van der Waals surface area (Å²) in [6, 6.07) is 3.70. The molecule has 0 N–H and O–H groups in total. The highest BCUT2D eigenvalue weighted by atomic mass is 35.5. The number of rotatable bonds is 1. The molecule has 0 saturated heterocycles. The Kier molecular flexibility index (Phi) is 4.08. The molecule has 0 aromatic heterocycles. The minimum atomic E-state index is -0.0246. The van der Waals surface area contributed by atoms with E-state index in [4.69, 9.17) is 56.9 Å². The Balaban J connectivity index is 3.64. The smallest absolute Gasteiger partial charge is 0.102 e. The Morgan fingerprint density at radius 2 is 1.47 bits per heavy atom. The Morgan fingerprint density at radius 1 is 0.867 bits per heavy atom. The molecule has 0 aliphatic carbocycles. The average molecular weight is 280 g/mol. The molecule has 2 nitrogen and oxygen atoms in total. The van der Waals surface area contributed by atoms with Crippen molar-refractivity contribution < 1.29 is 0 Å². The van der Waals surface area contributed by atoms with Crippen LogP contribution in [0.4, 0.5) is 0 Å². The predicted molar refractivity (Wildman–Crippen MR) is 60.5 cm³/mol. The second-order valence-corrected chi connectivity index (χ2v) is 4.07. The van der Waals surface area contributed by atoms with Crippen molar-refractivity contribution in [2.24, 2.45) is 0 Å². The molecule has 0 unspecified atom stereocenters. The average Bonchev–Trinajstić information content (AvgIpc) is 2.22. The van der Waals surface area contributed by atoms with E-state index in [1.165, 1.54) is 0 Å². The molecule has 0 atom stereocenters. The maximum atomic E-state index is 8.80. The minimum absolute atomic E-state index is 0.0101. The van der Waals surface area contributed by atoms with Crippen molar-refractivity contribution >= 4 is 46.4 Å². The van der Waals surface area contributed by atoms with Crippen LogP contribution in [0.1, 0.15) is 11.1 Å². The molecule has 6 heteroatoms. The van der Waals surface area contributed by atoms with Gasteiger partial charge in [-0.25, -0.2) is 0 Å². The van der Waals surface area contributed by atoms with Crippen LogP contribution < -0.4 is 0 Å². The molecule has 1 rings (SSSR count). The molecule has 1 aromatic carbocycles. The van der Waals surface area contributed by atoms with E-state index >= 15 is 0 Å². The normalized spacial score (nSPS) is 9.47. The lowest BCUT2D eigenvalue weighted by Crippen LogP contribution is -1.92. The highest BCUT2D eigenvalue weighted by Crippen LogP contribution is 2.40. The monoisotopic (exact) mass is 278 g/mol. The topological polar surface area (TPSA) is 47.6 Å². The van der Waals surface area contributed by atoms with Gasteiger partial charge in [0.15, 0.2) is 0 Å². The largest absolute Gasteiger partial charge is 0.198 e. The molecular weight excluding hydrogens is 278 g/mol. The predicted octanol–water partition coefficient (Wildman–Crippen LogP) is 4.24. The number of halogens is 4. The number of benzene rings is 1. The van der Waals surface area contributed by atoms with Crippen molar-refractivity contribution in [3.05, 3.63) is 31.2 Å². The van der Waals surface area contributed by atoms with E-state index in [9.17, 15) is 0 Å². The van der Waals surface area contributed by atoms with Crippen LogP contribution in [0, 0.1) is 22.7 Å². The quantitative estimate of drug-likeness (QED) is 0.570. The van der Waals surface area contributed by atoms with Crippen molar-refractivity contribution in [3.63, 3.8) is 0 Å². The van der Waals surface area contributed by atoms with Gasteiger partial charge in [-0.1, -0.05) is 46.4 Å². The molecule has 0 bridgehead atoms. The SMILES string of the molecule is N#CCc1c(Cl)c(Cl)c(Cl)c(C#N)c1Cl. The van der Waals surface area contributed by atoms with Gasteiger partial charge < -0.3 is 0 Å². The summed E-state index contributed by atoms with van der Waals surface area (Å²) in [7, 11) is 0. The third-order valence-corrected chi connectivity index (χ3v) is 3.51. The summed E-state index contributed by atoms with van der Waals surface area (Å²) in [5.41, 5.74) is 0.366. The first kappa shape index (κ1) is 12.4. The van der Waals surface area contributed by atoms with Crippen LogP contribution in [-0.2, 0) is 6.42 Å². The Morgan fingerprint density at radius 3 is 1.93 bits per heavy atom. The second-order valence-electron chi connectivity index (χ2n) is 2.56. The van der Waals surface area contributed by atoms with Gasteiger partial charge in [-0.2, -0.15) is 10.5 Å². The summed E-state index contributed by atoms with van der Waals surface area (Å²) in [4.78, 5) is 0. The van der Waals surface area contributed by atoms with E-state index in [2.05, 4.69) is 0 Å². The standard InChI is InChI=1S/C9H2Cl4N2/c10-6-4(1-2-14)7(11)9(13)8(12)5(6)3-15/h1H2. The molecule has 1 aromatic rings. The van der Waals surface area contributed by atoms with E-state index in [1.807, 2.05) is 12.1 Å². The number of nitrogens with zero attached hydrogens (tertiary/aromatic N) is 2. The van der Waals surface area contributed by atoms with Crippen LogP contribution in [-0.4, -0.2) is 0 Å². The van der Waals surface area contributed by atoms with Crippen LogP contribution in [0.2, 0.25) is 20.1 Å². The van der Waals surface area contributed by atoms with Gasteiger partial charge in [0, 0.05) is 5.56 Å². The van der Waals surface area contributed by atoms with Gasteiger partial charge in [0.05, 0.1) is 38.1 Å². The van der Waals surface area contributed by atoms with Gasteiger partial charge in [-0.05, 0) is 0 Å². The summed E-state index contributed by atoms with van der Waals surface area (Å²) in [5.74, 6) is 0. The summed E-state index contributed by atoms with van der Waals surface area (Å²) in [5, 5.41) is 17.6. The van der Waals surface area contributed by atoms with Crippen LogP contribution in [0.5, 0.6) is 0 Å². The zero-order valence-corrected chi connectivity index (χ0v) is 10.1. The number of hydrogen-bond donors (Lipinski definition) is 0. The van der Waals surface area contributed by atoms with Gasteiger partial charge in [0.25, 0.3) is 0 Å². The molecule has 0 aliphatic rings. The lowest BCUT2D eigenvalue weighted by atomic mass is 10.1. The van der Waals surface area contributed by atoms with Gasteiger partial charge >= 0.3 is 0 Å². The first-order valence-corrected chi connectivity index (χ1v) is 5.17. The Bertz CT molecular complexity index is 497. The molecule has 0 aliphatic heterocycles. The third kappa shape index (κ3) is 2.14. The van der Waals surface area contributed by atoms with Crippen LogP contribution >= 0.6 is 46.4 Å². The molecule has 15 heavy (non-hydrogen) atoms. The Hall–Kier alpha value is -0.640. The number of nitriles is 2. The first-order chi connectivity index (χ1) is 7.04. The van der Waals surface area contributed by atoms with Crippen molar-refractivity contribution in [3.8, 4) is 12.1 Å². The zero-order chi connectivity index (χ0) is 11.6. The van der Waals surface area contributed by atoms with Crippen LogP contribution in [0.15, 0.2) is 0 Å². The lowest BCUT2D eigenvalue weighted by Gasteiger charge is -2.09. The van der Waals surface area contributed by atoms with E-state index < -0.39 is 0 Å². The van der Waals surface area contributed by atoms with Crippen LogP contribution in [0.3, 0.4) is 0 Å². The minimum Gasteiger partial charge on any atom is -0.198 e. The summed E-state index contributed by atoms with van der Waals surface area (Å²) < 4.78 is 0. The van der Waals surface area contributed by atoms with Gasteiger partial charge in [-0.3, -0.25) is 0 Å². The van der Waals surface area contributed by atoms with Gasteiger partial charge in [0.2, 0.25) is 0 Å². The van der Waals surface area contributed by atoms with Crippen molar-refractivity contribution in [2.45, 2.75) is 6.42 Å². The zero-order valence-electron chi connectivity index (χ0n) is 7.11. The van der Waals surface area contributed by atoms with E-state index in [0.717, 1.165) is 0 Å². The third-order valence-electron chi connectivity index (χ3n) is 1.72. The molecular formula is C9H2Cl4N2.